The summed E-state index contributed by atoms with van der Waals surface area (Å²) in [5.74, 6) is -1.88. The Morgan fingerprint density at radius 3 is 2.78 bits per heavy atom. The van der Waals surface area contributed by atoms with E-state index in [-0.39, 0.29) is 29.6 Å². The second kappa shape index (κ2) is 7.12. The van der Waals surface area contributed by atoms with Gasteiger partial charge in [-0.1, -0.05) is 11.6 Å². The highest BCUT2D eigenvalue weighted by atomic mass is 35.5. The molecule has 23 heavy (non-hydrogen) atoms. The van der Waals surface area contributed by atoms with Crippen molar-refractivity contribution in [1.29, 1.82) is 0 Å². The van der Waals surface area contributed by atoms with Crippen molar-refractivity contribution in [2.45, 2.75) is 6.04 Å². The molecule has 1 aromatic carbocycles. The second-order valence-electron chi connectivity index (χ2n) is 5.56. The minimum atomic E-state index is -3.42. The number of benzene rings is 1. The van der Waals surface area contributed by atoms with Crippen molar-refractivity contribution < 1.29 is 22.3 Å². The van der Waals surface area contributed by atoms with Gasteiger partial charge in [0.25, 0.3) is 5.91 Å². The van der Waals surface area contributed by atoms with Crippen LogP contribution in [0, 0.1) is 11.7 Å². The number of nitrogens with zero attached hydrogens (tertiary/aromatic N) is 1. The van der Waals surface area contributed by atoms with Gasteiger partial charge in [0.05, 0.1) is 30.6 Å². The zero-order chi connectivity index (χ0) is 17.2. The summed E-state index contributed by atoms with van der Waals surface area (Å²) >= 11 is 5.77. The van der Waals surface area contributed by atoms with Gasteiger partial charge in [0.15, 0.2) is 0 Å². The van der Waals surface area contributed by atoms with Crippen LogP contribution in [0.4, 0.5) is 4.39 Å². The molecule has 0 spiro atoms. The van der Waals surface area contributed by atoms with Gasteiger partial charge >= 0.3 is 0 Å². The van der Waals surface area contributed by atoms with E-state index in [2.05, 4.69) is 5.32 Å². The van der Waals surface area contributed by atoms with Crippen LogP contribution in [-0.4, -0.2) is 57.7 Å². The van der Waals surface area contributed by atoms with Gasteiger partial charge in [0, 0.05) is 25.0 Å². The first-order valence-electron chi connectivity index (χ1n) is 6.94. The van der Waals surface area contributed by atoms with Crippen molar-refractivity contribution in [2.24, 2.45) is 5.92 Å². The molecule has 128 valence electrons. The molecule has 6 nitrogen and oxygen atoms in total. The molecule has 1 saturated heterocycles. The van der Waals surface area contributed by atoms with Crippen molar-refractivity contribution >= 4 is 27.5 Å². The van der Waals surface area contributed by atoms with Crippen LogP contribution in [0.2, 0.25) is 5.02 Å². The number of hydrogen-bond acceptors (Lipinski definition) is 4. The number of halogens is 2. The van der Waals surface area contributed by atoms with Gasteiger partial charge < -0.3 is 10.1 Å². The largest absolute Gasteiger partial charge is 0.379 e. The molecule has 1 amide bonds. The molecule has 0 saturated carbocycles. The molecule has 0 unspecified atom stereocenters. The average molecular weight is 365 g/mol. The number of amides is 1. The maximum Gasteiger partial charge on any atom is 0.254 e. The maximum absolute atomic E-state index is 13.7. The lowest BCUT2D eigenvalue weighted by Gasteiger charge is -2.21. The summed E-state index contributed by atoms with van der Waals surface area (Å²) < 4.78 is 44.0. The molecular weight excluding hydrogens is 347 g/mol. The van der Waals surface area contributed by atoms with Crippen LogP contribution in [0.15, 0.2) is 18.2 Å². The smallest absolute Gasteiger partial charge is 0.254 e. The first-order chi connectivity index (χ1) is 10.7. The summed E-state index contributed by atoms with van der Waals surface area (Å²) in [6, 6.07) is 3.18. The fourth-order valence-corrected chi connectivity index (χ4v) is 3.60. The Bertz CT molecular complexity index is 696. The van der Waals surface area contributed by atoms with Crippen LogP contribution in [0.5, 0.6) is 0 Å². The fraction of sp³-hybridized carbons (Fsp3) is 0.500. The van der Waals surface area contributed by atoms with E-state index in [1.54, 1.807) is 0 Å². The normalized spacial score (nSPS) is 21.6. The summed E-state index contributed by atoms with van der Waals surface area (Å²) in [6.07, 6.45) is 0. The summed E-state index contributed by atoms with van der Waals surface area (Å²) in [7, 11) is -0.534. The van der Waals surface area contributed by atoms with Gasteiger partial charge in [-0.25, -0.2) is 17.1 Å². The number of ether oxygens (including phenoxy) is 1. The van der Waals surface area contributed by atoms with E-state index in [0.29, 0.717) is 0 Å². The second-order valence-corrected chi connectivity index (χ2v) is 8.23. The molecule has 9 heteroatoms. The molecule has 0 aromatic heterocycles. The molecule has 1 heterocycles. The van der Waals surface area contributed by atoms with Crippen LogP contribution < -0.4 is 5.32 Å². The minimum absolute atomic E-state index is 0.150. The van der Waals surface area contributed by atoms with Crippen molar-refractivity contribution in [3.8, 4) is 0 Å². The van der Waals surface area contributed by atoms with E-state index in [0.717, 1.165) is 10.4 Å². The van der Waals surface area contributed by atoms with E-state index in [9.17, 15) is 17.6 Å². The standard InChI is InChI=1S/C14H18ClFN2O4S/c1-18(2)23(20,21)8-9-6-22-7-13(9)17-14(19)11-5-10(15)3-4-12(11)16/h3-5,9,13H,6-8H2,1-2H3,(H,17,19)/t9-,13+/m0/s1. The Hall–Kier alpha value is -1.22. The van der Waals surface area contributed by atoms with Crippen molar-refractivity contribution in [1.82, 2.24) is 9.62 Å². The zero-order valence-electron chi connectivity index (χ0n) is 12.8. The first-order valence-corrected chi connectivity index (χ1v) is 8.93. The summed E-state index contributed by atoms with van der Waals surface area (Å²) in [6.45, 7) is 0.400. The lowest BCUT2D eigenvalue weighted by molar-refractivity contribution is 0.0922. The Labute approximate surface area is 139 Å². The first kappa shape index (κ1) is 18.1. The third kappa shape index (κ3) is 4.41. The van der Waals surface area contributed by atoms with Gasteiger partial charge in [-0.05, 0) is 18.2 Å². The third-order valence-corrected chi connectivity index (χ3v) is 5.87. The number of nitrogens with one attached hydrogen (secondary N) is 1. The average Bonchev–Trinajstić information content (AvgIpc) is 2.87. The SMILES string of the molecule is CN(C)S(=O)(=O)C[C@@H]1COC[C@H]1NC(=O)c1cc(Cl)ccc1F. The summed E-state index contributed by atoms with van der Waals surface area (Å²) in [4.78, 5) is 12.2. The highest BCUT2D eigenvalue weighted by molar-refractivity contribution is 7.89. The molecule has 0 aliphatic carbocycles. The highest BCUT2D eigenvalue weighted by Crippen LogP contribution is 2.19. The molecule has 2 rings (SSSR count). The number of sulfonamides is 1. The topological polar surface area (TPSA) is 75.7 Å². The van der Waals surface area contributed by atoms with Crippen LogP contribution >= 0.6 is 11.6 Å². The zero-order valence-corrected chi connectivity index (χ0v) is 14.3. The van der Waals surface area contributed by atoms with Crippen molar-refractivity contribution in [3.63, 3.8) is 0 Å². The number of rotatable bonds is 5. The van der Waals surface area contributed by atoms with E-state index in [1.807, 2.05) is 0 Å². The van der Waals surface area contributed by atoms with Crippen LogP contribution in [-0.2, 0) is 14.8 Å². The van der Waals surface area contributed by atoms with Gasteiger partial charge in [-0.2, -0.15) is 0 Å². The van der Waals surface area contributed by atoms with Crippen LogP contribution in [0.3, 0.4) is 0 Å². The molecule has 1 aliphatic rings. The van der Waals surface area contributed by atoms with E-state index < -0.39 is 33.7 Å². The van der Waals surface area contributed by atoms with E-state index >= 15 is 0 Å². The van der Waals surface area contributed by atoms with Gasteiger partial charge in [-0.15, -0.1) is 0 Å². The summed E-state index contributed by atoms with van der Waals surface area (Å²) in [5, 5.41) is 2.87. The Kier molecular flexibility index (Phi) is 5.61. The Morgan fingerprint density at radius 2 is 2.13 bits per heavy atom. The third-order valence-electron chi connectivity index (χ3n) is 3.67. The lowest BCUT2D eigenvalue weighted by Crippen LogP contribution is -2.43. The van der Waals surface area contributed by atoms with Crippen LogP contribution in [0.25, 0.3) is 0 Å². The minimum Gasteiger partial charge on any atom is -0.379 e. The highest BCUT2D eigenvalue weighted by Gasteiger charge is 2.34. The molecule has 1 fully saturated rings. The predicted molar refractivity (Wildman–Crippen MR) is 84.4 cm³/mol. The number of carbonyl (C=O) groups is 1. The molecule has 0 radical (unpaired) electrons. The van der Waals surface area contributed by atoms with Crippen molar-refractivity contribution in [2.75, 3.05) is 33.1 Å². The predicted octanol–water partition coefficient (Wildman–Crippen LogP) is 1.12. The van der Waals surface area contributed by atoms with Crippen LogP contribution in [0.1, 0.15) is 10.4 Å². The van der Waals surface area contributed by atoms with Gasteiger partial charge in [0.1, 0.15) is 5.82 Å². The molecule has 1 aliphatic heterocycles. The maximum atomic E-state index is 13.7. The molecule has 2 atom stereocenters. The molecule has 1 N–H and O–H groups in total. The van der Waals surface area contributed by atoms with E-state index in [4.69, 9.17) is 16.3 Å². The van der Waals surface area contributed by atoms with Crippen molar-refractivity contribution in [3.05, 3.63) is 34.6 Å². The number of hydrogen-bond donors (Lipinski definition) is 1. The Morgan fingerprint density at radius 1 is 1.43 bits per heavy atom. The molecule has 1 aromatic rings. The van der Waals surface area contributed by atoms with E-state index in [1.165, 1.54) is 26.2 Å². The summed E-state index contributed by atoms with van der Waals surface area (Å²) in [5.41, 5.74) is -0.182. The van der Waals surface area contributed by atoms with Gasteiger partial charge in [0.2, 0.25) is 10.0 Å². The number of carbonyl (C=O) groups excluding carboxylic acids is 1. The quantitative estimate of drug-likeness (QED) is 0.849. The fourth-order valence-electron chi connectivity index (χ4n) is 2.26. The molecule has 0 bridgehead atoms. The monoisotopic (exact) mass is 364 g/mol. The Balaban J connectivity index is 2.09. The lowest BCUT2D eigenvalue weighted by atomic mass is 10.1. The molecular formula is C14H18ClFN2O4S. The van der Waals surface area contributed by atoms with Gasteiger partial charge in [-0.3, -0.25) is 4.79 Å².